The molecule has 8 heteroatoms. The molecule has 1 spiro atoms. The highest BCUT2D eigenvalue weighted by molar-refractivity contribution is 5.93. The molecule has 1 aromatic carbocycles. The molecule has 2 aliphatic rings. The van der Waals surface area contributed by atoms with E-state index in [1.165, 1.54) is 19.1 Å². The molecule has 2 fully saturated rings. The molecule has 1 aromatic rings. The number of aliphatic hydroxyl groups is 1. The number of nitrogens with two attached hydrogens (primary N) is 1. The number of carbonyl (C=O) groups excluding carboxylic acids is 2. The van der Waals surface area contributed by atoms with Crippen LogP contribution in [0.4, 0.5) is 4.39 Å². The average Bonchev–Trinajstić information content (AvgIpc) is 2.93. The Balaban J connectivity index is 1.74. The van der Waals surface area contributed by atoms with Gasteiger partial charge in [-0.1, -0.05) is 12.1 Å². The van der Waals surface area contributed by atoms with Crippen molar-refractivity contribution in [1.29, 1.82) is 0 Å². The molecular formula is C17H23FN4O3. The third-order valence-corrected chi connectivity index (χ3v) is 5.09. The Morgan fingerprint density at radius 1 is 1.52 bits per heavy atom. The maximum Gasteiger partial charge on any atom is 0.242 e. The number of primary amides is 1. The van der Waals surface area contributed by atoms with E-state index in [4.69, 9.17) is 5.73 Å². The highest BCUT2D eigenvalue weighted by Gasteiger charge is 2.56. The van der Waals surface area contributed by atoms with E-state index < -0.39 is 23.6 Å². The summed E-state index contributed by atoms with van der Waals surface area (Å²) in [6, 6.07) is 5.16. The average molecular weight is 350 g/mol. The number of amides is 2. The molecule has 2 saturated heterocycles. The zero-order valence-electron chi connectivity index (χ0n) is 14.0. The number of β-lactam (4-membered cyclic amide) rings is 1. The van der Waals surface area contributed by atoms with Gasteiger partial charge in [0.2, 0.25) is 11.8 Å². The molecule has 4 atom stereocenters. The summed E-state index contributed by atoms with van der Waals surface area (Å²) in [6.07, 6.45) is -0.397. The van der Waals surface area contributed by atoms with Crippen molar-refractivity contribution in [2.75, 3.05) is 13.1 Å². The predicted octanol–water partition coefficient (Wildman–Crippen LogP) is -0.907. The molecule has 5 N–H and O–H groups in total. The summed E-state index contributed by atoms with van der Waals surface area (Å²) in [5.74, 6) is -0.979. The molecule has 136 valence electrons. The Bertz CT molecular complexity index is 666. The van der Waals surface area contributed by atoms with Gasteiger partial charge < -0.3 is 16.2 Å². The SMILES string of the molecule is C[C@@H](O)[C@H](NC1CN(Cc2ccc(F)cc2)C2(CNC2=O)C1)C(N)=O. The van der Waals surface area contributed by atoms with Gasteiger partial charge in [-0.3, -0.25) is 19.8 Å². The van der Waals surface area contributed by atoms with Crippen molar-refractivity contribution >= 4 is 11.8 Å². The van der Waals surface area contributed by atoms with Crippen molar-refractivity contribution < 1.29 is 19.1 Å². The van der Waals surface area contributed by atoms with Crippen molar-refractivity contribution in [2.45, 2.75) is 43.6 Å². The minimum Gasteiger partial charge on any atom is -0.391 e. The fourth-order valence-electron chi connectivity index (χ4n) is 3.68. The summed E-state index contributed by atoms with van der Waals surface area (Å²) >= 11 is 0. The summed E-state index contributed by atoms with van der Waals surface area (Å²) in [7, 11) is 0. The Hall–Kier alpha value is -2.03. The van der Waals surface area contributed by atoms with Crippen molar-refractivity contribution in [3.05, 3.63) is 35.6 Å². The summed E-state index contributed by atoms with van der Waals surface area (Å²) in [5, 5.41) is 15.6. The molecule has 3 rings (SSSR count). The van der Waals surface area contributed by atoms with Crippen LogP contribution in [0.3, 0.4) is 0 Å². The number of carbonyl (C=O) groups is 2. The number of likely N-dealkylation sites (tertiary alicyclic amines) is 1. The molecule has 7 nitrogen and oxygen atoms in total. The van der Waals surface area contributed by atoms with Crippen molar-refractivity contribution in [2.24, 2.45) is 5.73 Å². The Morgan fingerprint density at radius 2 is 2.20 bits per heavy atom. The number of nitrogens with zero attached hydrogens (tertiary/aromatic N) is 1. The van der Waals surface area contributed by atoms with E-state index in [2.05, 4.69) is 10.6 Å². The molecule has 2 heterocycles. The zero-order valence-corrected chi connectivity index (χ0v) is 14.0. The molecule has 25 heavy (non-hydrogen) atoms. The van der Waals surface area contributed by atoms with Gasteiger partial charge in [0.15, 0.2) is 0 Å². The normalized spacial score (nSPS) is 28.4. The minimum atomic E-state index is -0.921. The first-order chi connectivity index (χ1) is 11.8. The van der Waals surface area contributed by atoms with Gasteiger partial charge in [-0.2, -0.15) is 0 Å². The number of hydrogen-bond acceptors (Lipinski definition) is 5. The summed E-state index contributed by atoms with van der Waals surface area (Å²) < 4.78 is 13.1. The number of rotatable bonds is 6. The van der Waals surface area contributed by atoms with Crippen molar-refractivity contribution in [1.82, 2.24) is 15.5 Å². The maximum absolute atomic E-state index is 13.1. The van der Waals surface area contributed by atoms with Gasteiger partial charge in [-0.05, 0) is 31.0 Å². The van der Waals surface area contributed by atoms with Crippen LogP contribution in [0.1, 0.15) is 18.9 Å². The quantitative estimate of drug-likeness (QED) is 0.497. The fourth-order valence-corrected chi connectivity index (χ4v) is 3.68. The van der Waals surface area contributed by atoms with E-state index in [-0.39, 0.29) is 17.8 Å². The molecular weight excluding hydrogens is 327 g/mol. The highest BCUT2D eigenvalue weighted by atomic mass is 19.1. The maximum atomic E-state index is 13.1. The second kappa shape index (κ2) is 6.70. The first-order valence-corrected chi connectivity index (χ1v) is 8.33. The highest BCUT2D eigenvalue weighted by Crippen LogP contribution is 2.35. The Labute approximate surface area is 145 Å². The van der Waals surface area contributed by atoms with Crippen LogP contribution in [-0.2, 0) is 16.1 Å². The van der Waals surface area contributed by atoms with Crippen LogP contribution in [0.2, 0.25) is 0 Å². The number of aliphatic hydroxyl groups excluding tert-OH is 1. The van der Waals surface area contributed by atoms with Crippen LogP contribution in [0.25, 0.3) is 0 Å². The fraction of sp³-hybridized carbons (Fsp3) is 0.529. The van der Waals surface area contributed by atoms with Crippen LogP contribution in [0.15, 0.2) is 24.3 Å². The first-order valence-electron chi connectivity index (χ1n) is 8.33. The van der Waals surface area contributed by atoms with Gasteiger partial charge in [-0.25, -0.2) is 4.39 Å². The molecule has 2 unspecified atom stereocenters. The standard InChI is InChI=1S/C17H23FN4O3/c1-10(23)14(15(19)24)21-13-6-17(9-20-16(17)25)22(8-13)7-11-2-4-12(18)5-3-11/h2-5,10,13-14,21,23H,6-9H2,1H3,(H2,19,24)(H,20,25)/t10-,13?,14+,17?/m1/s1. The van der Waals surface area contributed by atoms with Gasteiger partial charge >= 0.3 is 0 Å². The smallest absolute Gasteiger partial charge is 0.242 e. The molecule has 2 aliphatic heterocycles. The Kier molecular flexibility index (Phi) is 4.77. The number of halogens is 1. The van der Waals surface area contributed by atoms with Crippen LogP contribution < -0.4 is 16.4 Å². The lowest BCUT2D eigenvalue weighted by Gasteiger charge is -2.44. The van der Waals surface area contributed by atoms with Gasteiger partial charge in [-0.15, -0.1) is 0 Å². The van der Waals surface area contributed by atoms with Crippen LogP contribution in [-0.4, -0.2) is 58.6 Å². The lowest BCUT2D eigenvalue weighted by Crippen LogP contribution is -2.70. The van der Waals surface area contributed by atoms with Crippen molar-refractivity contribution in [3.63, 3.8) is 0 Å². The van der Waals surface area contributed by atoms with Crippen LogP contribution >= 0.6 is 0 Å². The second-order valence-electron chi connectivity index (χ2n) is 6.91. The molecule has 2 amide bonds. The molecule has 0 aromatic heterocycles. The minimum absolute atomic E-state index is 0.0495. The van der Waals surface area contributed by atoms with Crippen LogP contribution in [0, 0.1) is 5.82 Å². The molecule has 0 radical (unpaired) electrons. The number of benzene rings is 1. The zero-order chi connectivity index (χ0) is 18.2. The summed E-state index contributed by atoms with van der Waals surface area (Å²) in [5.41, 5.74) is 5.61. The van der Waals surface area contributed by atoms with E-state index in [9.17, 15) is 19.1 Å². The van der Waals surface area contributed by atoms with Crippen LogP contribution in [0.5, 0.6) is 0 Å². The van der Waals surface area contributed by atoms with E-state index in [0.717, 1.165) is 5.56 Å². The third-order valence-electron chi connectivity index (χ3n) is 5.09. The molecule has 0 aliphatic carbocycles. The third kappa shape index (κ3) is 3.37. The molecule has 0 bridgehead atoms. The lowest BCUT2D eigenvalue weighted by molar-refractivity contribution is -0.141. The second-order valence-corrected chi connectivity index (χ2v) is 6.91. The monoisotopic (exact) mass is 350 g/mol. The van der Waals surface area contributed by atoms with E-state index in [1.807, 2.05) is 4.90 Å². The topological polar surface area (TPSA) is 108 Å². The summed E-state index contributed by atoms with van der Waals surface area (Å²) in [4.78, 5) is 25.8. The van der Waals surface area contributed by atoms with E-state index in [0.29, 0.717) is 26.1 Å². The lowest BCUT2D eigenvalue weighted by atomic mass is 9.86. The largest absolute Gasteiger partial charge is 0.391 e. The van der Waals surface area contributed by atoms with Gasteiger partial charge in [0, 0.05) is 25.7 Å². The predicted molar refractivity (Wildman–Crippen MR) is 88.8 cm³/mol. The van der Waals surface area contributed by atoms with Gasteiger partial charge in [0.25, 0.3) is 0 Å². The number of hydrogen-bond donors (Lipinski definition) is 4. The molecule has 0 saturated carbocycles. The van der Waals surface area contributed by atoms with Gasteiger partial charge in [0.05, 0.1) is 6.10 Å². The van der Waals surface area contributed by atoms with E-state index >= 15 is 0 Å². The number of nitrogens with one attached hydrogen (secondary N) is 2. The van der Waals surface area contributed by atoms with Crippen molar-refractivity contribution in [3.8, 4) is 0 Å². The summed E-state index contributed by atoms with van der Waals surface area (Å²) in [6.45, 7) is 3.06. The first kappa shape index (κ1) is 17.8. The Morgan fingerprint density at radius 3 is 2.68 bits per heavy atom. The van der Waals surface area contributed by atoms with E-state index in [1.54, 1.807) is 12.1 Å². The van der Waals surface area contributed by atoms with Gasteiger partial charge in [0.1, 0.15) is 17.4 Å².